The second kappa shape index (κ2) is 8.78. The highest BCUT2D eigenvalue weighted by atomic mass is 35.5. The summed E-state index contributed by atoms with van der Waals surface area (Å²) in [7, 11) is 0. The predicted octanol–water partition coefficient (Wildman–Crippen LogP) is 4.14. The van der Waals surface area contributed by atoms with Crippen molar-refractivity contribution in [2.45, 2.75) is 32.7 Å². The molecule has 0 saturated carbocycles. The molecule has 1 aromatic rings. The van der Waals surface area contributed by atoms with E-state index in [1.807, 2.05) is 11.8 Å². The van der Waals surface area contributed by atoms with Crippen LogP contribution in [0, 0.1) is 5.82 Å². The lowest BCUT2D eigenvalue weighted by molar-refractivity contribution is 0.545. The maximum absolute atomic E-state index is 13.7. The van der Waals surface area contributed by atoms with Crippen molar-refractivity contribution in [1.82, 2.24) is 5.32 Å². The van der Waals surface area contributed by atoms with Gasteiger partial charge in [-0.25, -0.2) is 4.39 Å². The average molecular weight is 290 g/mol. The summed E-state index contributed by atoms with van der Waals surface area (Å²) in [5.41, 5.74) is 0.738. The van der Waals surface area contributed by atoms with Gasteiger partial charge in [0.25, 0.3) is 0 Å². The van der Waals surface area contributed by atoms with Crippen LogP contribution in [0.15, 0.2) is 18.2 Å². The van der Waals surface area contributed by atoms with Gasteiger partial charge in [0.15, 0.2) is 0 Å². The number of halogens is 2. The van der Waals surface area contributed by atoms with Gasteiger partial charge in [0.2, 0.25) is 0 Å². The number of rotatable bonds is 8. The van der Waals surface area contributed by atoms with Gasteiger partial charge in [-0.2, -0.15) is 11.8 Å². The molecule has 1 nitrogen and oxygen atoms in total. The van der Waals surface area contributed by atoms with Crippen LogP contribution in [0.2, 0.25) is 5.02 Å². The number of thioether (sulfide) groups is 1. The van der Waals surface area contributed by atoms with Gasteiger partial charge < -0.3 is 5.32 Å². The van der Waals surface area contributed by atoms with E-state index in [9.17, 15) is 4.39 Å². The Morgan fingerprint density at radius 2 is 2.17 bits per heavy atom. The molecule has 1 unspecified atom stereocenters. The van der Waals surface area contributed by atoms with Crippen molar-refractivity contribution in [2.24, 2.45) is 0 Å². The first-order chi connectivity index (χ1) is 8.67. The van der Waals surface area contributed by atoms with E-state index in [-0.39, 0.29) is 5.82 Å². The number of likely N-dealkylation sites (N-methyl/N-ethyl adjacent to an activating group) is 1. The van der Waals surface area contributed by atoms with Crippen molar-refractivity contribution >= 4 is 23.4 Å². The maximum atomic E-state index is 13.7. The summed E-state index contributed by atoms with van der Waals surface area (Å²) < 4.78 is 13.7. The molecule has 0 aromatic heterocycles. The molecule has 1 aromatic carbocycles. The molecule has 0 bridgehead atoms. The van der Waals surface area contributed by atoms with Crippen LogP contribution in [-0.4, -0.2) is 24.1 Å². The molecule has 0 aliphatic rings. The van der Waals surface area contributed by atoms with Crippen LogP contribution >= 0.6 is 23.4 Å². The van der Waals surface area contributed by atoms with Gasteiger partial charge in [-0.3, -0.25) is 0 Å². The highest BCUT2D eigenvalue weighted by molar-refractivity contribution is 7.99. The average Bonchev–Trinajstić information content (AvgIpc) is 2.33. The van der Waals surface area contributed by atoms with Gasteiger partial charge >= 0.3 is 0 Å². The normalized spacial score (nSPS) is 12.7. The molecule has 0 amide bonds. The van der Waals surface area contributed by atoms with Gasteiger partial charge in [-0.15, -0.1) is 0 Å². The zero-order valence-electron chi connectivity index (χ0n) is 11.0. The lowest BCUT2D eigenvalue weighted by Crippen LogP contribution is -2.33. The molecule has 1 N–H and O–H groups in total. The molecule has 0 radical (unpaired) electrons. The lowest BCUT2D eigenvalue weighted by atomic mass is 10.1. The summed E-state index contributed by atoms with van der Waals surface area (Å²) in [6.45, 7) is 5.16. The van der Waals surface area contributed by atoms with Gasteiger partial charge in [0.1, 0.15) is 5.82 Å². The third-order valence-corrected chi connectivity index (χ3v) is 4.21. The summed E-state index contributed by atoms with van der Waals surface area (Å²) in [4.78, 5) is 0. The first-order valence-corrected chi connectivity index (χ1v) is 7.95. The smallest absolute Gasteiger partial charge is 0.127 e. The van der Waals surface area contributed by atoms with Crippen LogP contribution in [0.25, 0.3) is 0 Å². The zero-order valence-corrected chi connectivity index (χ0v) is 12.6. The van der Waals surface area contributed by atoms with Crippen LogP contribution in [0.4, 0.5) is 4.39 Å². The molecule has 1 atom stereocenters. The second-order valence-electron chi connectivity index (χ2n) is 4.27. The quantitative estimate of drug-likeness (QED) is 0.722. The highest BCUT2D eigenvalue weighted by Gasteiger charge is 2.11. The van der Waals surface area contributed by atoms with Crippen molar-refractivity contribution in [2.75, 3.05) is 18.1 Å². The predicted molar refractivity (Wildman–Crippen MR) is 80.2 cm³/mol. The van der Waals surface area contributed by atoms with Gasteiger partial charge in [0.05, 0.1) is 0 Å². The maximum Gasteiger partial charge on any atom is 0.127 e. The van der Waals surface area contributed by atoms with E-state index < -0.39 is 0 Å². The fourth-order valence-corrected chi connectivity index (χ4v) is 2.94. The van der Waals surface area contributed by atoms with E-state index in [1.54, 1.807) is 12.1 Å². The third-order valence-electron chi connectivity index (χ3n) is 2.64. The van der Waals surface area contributed by atoms with Crippen LogP contribution in [0.1, 0.15) is 25.8 Å². The minimum atomic E-state index is -0.203. The molecule has 0 heterocycles. The van der Waals surface area contributed by atoms with Gasteiger partial charge in [0, 0.05) is 16.8 Å². The fraction of sp³-hybridized carbons (Fsp3) is 0.571. The monoisotopic (exact) mass is 289 g/mol. The van der Waals surface area contributed by atoms with Crippen LogP contribution in [0.3, 0.4) is 0 Å². The molecule has 0 fully saturated rings. The van der Waals surface area contributed by atoms with Crippen LogP contribution in [0.5, 0.6) is 0 Å². The van der Waals surface area contributed by atoms with E-state index in [0.29, 0.717) is 17.5 Å². The summed E-state index contributed by atoms with van der Waals surface area (Å²) in [6, 6.07) is 5.25. The first kappa shape index (κ1) is 15.8. The molecule has 0 saturated heterocycles. The highest BCUT2D eigenvalue weighted by Crippen LogP contribution is 2.17. The Balaban J connectivity index is 2.58. The van der Waals surface area contributed by atoms with Crippen LogP contribution < -0.4 is 5.32 Å². The van der Waals surface area contributed by atoms with Crippen molar-refractivity contribution in [3.8, 4) is 0 Å². The lowest BCUT2D eigenvalue weighted by Gasteiger charge is -2.18. The standard InChI is InChI=1S/C14H21ClFNS/c1-3-7-18-10-13(17-4-2)8-11-5-6-12(15)9-14(11)16/h5-6,9,13,17H,3-4,7-8,10H2,1-2H3. The Morgan fingerprint density at radius 3 is 2.78 bits per heavy atom. The Morgan fingerprint density at radius 1 is 1.39 bits per heavy atom. The van der Waals surface area contributed by atoms with E-state index in [1.165, 1.54) is 12.5 Å². The number of hydrogen-bond acceptors (Lipinski definition) is 2. The molecule has 18 heavy (non-hydrogen) atoms. The number of nitrogens with one attached hydrogen (secondary N) is 1. The number of hydrogen-bond donors (Lipinski definition) is 1. The van der Waals surface area contributed by atoms with Gasteiger partial charge in [-0.05, 0) is 42.8 Å². The number of benzene rings is 1. The Kier molecular flexibility index (Phi) is 7.71. The largest absolute Gasteiger partial charge is 0.313 e. The zero-order chi connectivity index (χ0) is 13.4. The molecule has 0 spiro atoms. The van der Waals surface area contributed by atoms with Crippen molar-refractivity contribution in [3.63, 3.8) is 0 Å². The van der Waals surface area contributed by atoms with Crippen LogP contribution in [-0.2, 0) is 6.42 Å². The molecule has 0 aliphatic carbocycles. The fourth-order valence-electron chi connectivity index (χ4n) is 1.80. The minimum absolute atomic E-state index is 0.203. The summed E-state index contributed by atoms with van der Waals surface area (Å²) >= 11 is 7.68. The Hall–Kier alpha value is -0.250. The second-order valence-corrected chi connectivity index (χ2v) is 5.86. The van der Waals surface area contributed by atoms with E-state index >= 15 is 0 Å². The van der Waals surface area contributed by atoms with Gasteiger partial charge in [-0.1, -0.05) is 31.5 Å². The van der Waals surface area contributed by atoms with Crippen molar-refractivity contribution < 1.29 is 4.39 Å². The molecule has 102 valence electrons. The van der Waals surface area contributed by atoms with E-state index in [0.717, 1.165) is 23.6 Å². The van der Waals surface area contributed by atoms with Crippen molar-refractivity contribution in [3.05, 3.63) is 34.6 Å². The Bertz CT molecular complexity index is 360. The molecule has 1 rings (SSSR count). The Labute approximate surface area is 118 Å². The molecular formula is C14H21ClFNS. The molecule has 0 aliphatic heterocycles. The molecule has 4 heteroatoms. The third kappa shape index (κ3) is 5.59. The minimum Gasteiger partial charge on any atom is -0.313 e. The molecular weight excluding hydrogens is 269 g/mol. The SMILES string of the molecule is CCCSCC(Cc1ccc(Cl)cc1F)NCC. The van der Waals surface area contributed by atoms with Crippen molar-refractivity contribution in [1.29, 1.82) is 0 Å². The topological polar surface area (TPSA) is 12.0 Å². The first-order valence-electron chi connectivity index (χ1n) is 6.42. The van der Waals surface area contributed by atoms with E-state index in [2.05, 4.69) is 19.2 Å². The summed E-state index contributed by atoms with van der Waals surface area (Å²) in [5.74, 6) is 1.97. The van der Waals surface area contributed by atoms with E-state index in [4.69, 9.17) is 11.6 Å². The summed E-state index contributed by atoms with van der Waals surface area (Å²) in [5, 5.41) is 3.87. The summed E-state index contributed by atoms with van der Waals surface area (Å²) in [6.07, 6.45) is 1.90.